The number of rotatable bonds is 6. The van der Waals surface area contributed by atoms with E-state index in [4.69, 9.17) is 8.83 Å². The molecule has 0 aliphatic rings. The molecule has 0 saturated carbocycles. The van der Waals surface area contributed by atoms with Gasteiger partial charge in [-0.05, 0) is 80.4 Å². The summed E-state index contributed by atoms with van der Waals surface area (Å²) in [5.41, 5.74) is 13.6. The van der Waals surface area contributed by atoms with E-state index < -0.39 is 0 Å². The molecule has 0 radical (unpaired) electrons. The van der Waals surface area contributed by atoms with Gasteiger partial charge in [-0.2, -0.15) is 0 Å². The number of hydrogen-bond donors (Lipinski definition) is 0. The zero-order valence-corrected chi connectivity index (χ0v) is 32.0. The SMILES string of the molecule is c1ccc(-c2cccc3cccc(-c4ccc(N(c5ccc(-c6cccc7c6oc6ccccc67)cc5)c5cc6oc7ccccc7c6c6ccccc56)cc4)c23)cc1. The molecule has 59 heavy (non-hydrogen) atoms. The van der Waals surface area contributed by atoms with E-state index >= 15 is 0 Å². The zero-order chi connectivity index (χ0) is 38.9. The molecule has 0 atom stereocenters. The lowest BCUT2D eigenvalue weighted by molar-refractivity contribution is 0.669. The molecule has 0 saturated heterocycles. The molecule has 0 bridgehead atoms. The van der Waals surface area contributed by atoms with Crippen molar-refractivity contribution in [1.29, 1.82) is 0 Å². The molecule has 0 amide bonds. The van der Waals surface area contributed by atoms with Crippen molar-refractivity contribution in [3.05, 3.63) is 212 Å². The minimum atomic E-state index is 0.860. The summed E-state index contributed by atoms with van der Waals surface area (Å²) in [6.45, 7) is 0. The molecule has 12 aromatic rings. The maximum atomic E-state index is 6.59. The average molecular weight is 754 g/mol. The van der Waals surface area contributed by atoms with Gasteiger partial charge in [0.2, 0.25) is 0 Å². The van der Waals surface area contributed by atoms with Crippen molar-refractivity contribution >= 4 is 82.5 Å². The first-order chi connectivity index (χ1) is 29.3. The molecular weight excluding hydrogens is 719 g/mol. The van der Waals surface area contributed by atoms with Crippen LogP contribution < -0.4 is 4.90 Å². The molecule has 0 N–H and O–H groups in total. The third kappa shape index (κ3) is 5.36. The van der Waals surface area contributed by atoms with Crippen LogP contribution in [-0.4, -0.2) is 0 Å². The van der Waals surface area contributed by atoms with Crippen LogP contribution in [-0.2, 0) is 0 Å². The van der Waals surface area contributed by atoms with Gasteiger partial charge in [-0.15, -0.1) is 0 Å². The third-order valence-corrected chi connectivity index (χ3v) is 11.9. The fourth-order valence-electron chi connectivity index (χ4n) is 9.18. The van der Waals surface area contributed by atoms with E-state index in [0.29, 0.717) is 0 Å². The highest BCUT2D eigenvalue weighted by molar-refractivity contribution is 6.22. The lowest BCUT2D eigenvalue weighted by Gasteiger charge is -2.27. The molecule has 0 aliphatic heterocycles. The number of anilines is 3. The Kier molecular flexibility index (Phi) is 7.54. The summed E-state index contributed by atoms with van der Waals surface area (Å²) in [6.07, 6.45) is 0. The Morgan fingerprint density at radius 1 is 0.305 bits per heavy atom. The predicted molar refractivity (Wildman–Crippen MR) is 247 cm³/mol. The van der Waals surface area contributed by atoms with Crippen LogP contribution in [0.25, 0.3) is 98.8 Å². The van der Waals surface area contributed by atoms with E-state index in [-0.39, 0.29) is 0 Å². The first-order valence-electron chi connectivity index (χ1n) is 20.1. The molecule has 276 valence electrons. The topological polar surface area (TPSA) is 29.5 Å². The van der Waals surface area contributed by atoms with Gasteiger partial charge in [0.1, 0.15) is 22.3 Å². The summed E-state index contributed by atoms with van der Waals surface area (Å²) in [6, 6.07) is 75.7. The average Bonchev–Trinajstić information content (AvgIpc) is 3.88. The second kappa shape index (κ2) is 13.4. The molecule has 3 nitrogen and oxygen atoms in total. The van der Waals surface area contributed by atoms with Gasteiger partial charge in [0, 0.05) is 49.9 Å². The molecule has 10 aromatic carbocycles. The van der Waals surface area contributed by atoms with Crippen LogP contribution in [0.3, 0.4) is 0 Å². The molecule has 2 aromatic heterocycles. The number of para-hydroxylation sites is 3. The Morgan fingerprint density at radius 2 is 0.814 bits per heavy atom. The van der Waals surface area contributed by atoms with Gasteiger partial charge in [-0.1, -0.05) is 170 Å². The minimum Gasteiger partial charge on any atom is -0.456 e. The van der Waals surface area contributed by atoms with Gasteiger partial charge >= 0.3 is 0 Å². The van der Waals surface area contributed by atoms with Crippen molar-refractivity contribution in [2.24, 2.45) is 0 Å². The van der Waals surface area contributed by atoms with Crippen LogP contribution in [0.15, 0.2) is 221 Å². The Labute approximate surface area is 340 Å². The van der Waals surface area contributed by atoms with E-state index in [1.807, 2.05) is 18.2 Å². The molecule has 0 spiro atoms. The minimum absolute atomic E-state index is 0.860. The van der Waals surface area contributed by atoms with Crippen molar-refractivity contribution in [2.45, 2.75) is 0 Å². The lowest BCUT2D eigenvalue weighted by atomic mass is 9.91. The van der Waals surface area contributed by atoms with Gasteiger partial charge in [0.25, 0.3) is 0 Å². The fourth-order valence-corrected chi connectivity index (χ4v) is 9.18. The predicted octanol–water partition coefficient (Wildman–Crippen LogP) is 16.3. The summed E-state index contributed by atoms with van der Waals surface area (Å²) >= 11 is 0. The second-order valence-electron chi connectivity index (χ2n) is 15.2. The van der Waals surface area contributed by atoms with Crippen LogP contribution >= 0.6 is 0 Å². The number of nitrogens with zero attached hydrogens (tertiary/aromatic N) is 1. The third-order valence-electron chi connectivity index (χ3n) is 11.9. The van der Waals surface area contributed by atoms with Gasteiger partial charge in [-0.25, -0.2) is 0 Å². The highest BCUT2D eigenvalue weighted by Crippen LogP contribution is 2.46. The molecule has 2 heterocycles. The van der Waals surface area contributed by atoms with Crippen molar-refractivity contribution in [1.82, 2.24) is 0 Å². The molecule has 12 rings (SSSR count). The summed E-state index contributed by atoms with van der Waals surface area (Å²) in [4.78, 5) is 2.36. The highest BCUT2D eigenvalue weighted by Gasteiger charge is 2.21. The number of furan rings is 2. The van der Waals surface area contributed by atoms with E-state index in [1.54, 1.807) is 0 Å². The van der Waals surface area contributed by atoms with Crippen LogP contribution in [0, 0.1) is 0 Å². The standard InChI is InChI=1S/C56H35NO2/c1-2-13-36(14-3-1)42-21-10-15-39-16-11-22-43(54(39)42)37-27-31-40(32-28-37)57(50-35-53-55(47-19-5-4-17-45(47)50)49-20-7-9-26-52(49)58-53)41-33-29-38(30-34-41)44-23-12-24-48-46-18-6-8-25-51(46)59-56(44)48/h1-35H. The Bertz CT molecular complexity index is 3540. The molecule has 0 fully saturated rings. The van der Waals surface area contributed by atoms with E-state index in [2.05, 4.69) is 199 Å². The Morgan fingerprint density at radius 3 is 1.51 bits per heavy atom. The van der Waals surface area contributed by atoms with Gasteiger partial charge < -0.3 is 13.7 Å². The van der Waals surface area contributed by atoms with Gasteiger partial charge in [0.15, 0.2) is 0 Å². The molecular formula is C56H35NO2. The first kappa shape index (κ1) is 33.3. The van der Waals surface area contributed by atoms with Crippen LogP contribution in [0.4, 0.5) is 17.1 Å². The summed E-state index contributed by atoms with van der Waals surface area (Å²) in [7, 11) is 0. The van der Waals surface area contributed by atoms with E-state index in [9.17, 15) is 0 Å². The maximum absolute atomic E-state index is 6.59. The normalized spacial score (nSPS) is 11.7. The number of fused-ring (bicyclic) bond motifs is 9. The summed E-state index contributed by atoms with van der Waals surface area (Å²) < 4.78 is 13.0. The lowest BCUT2D eigenvalue weighted by Crippen LogP contribution is -2.10. The van der Waals surface area contributed by atoms with Crippen LogP contribution in [0.2, 0.25) is 0 Å². The van der Waals surface area contributed by atoms with Crippen LogP contribution in [0.1, 0.15) is 0 Å². The molecule has 0 unspecified atom stereocenters. The van der Waals surface area contributed by atoms with Crippen molar-refractivity contribution in [3.8, 4) is 33.4 Å². The van der Waals surface area contributed by atoms with Gasteiger partial charge in [0.05, 0.1) is 5.69 Å². The Balaban J connectivity index is 1.04. The summed E-state index contributed by atoms with van der Waals surface area (Å²) in [5.74, 6) is 0. The zero-order valence-electron chi connectivity index (χ0n) is 32.0. The molecule has 3 heteroatoms. The Hall–Kier alpha value is -7.88. The number of benzene rings is 10. The smallest absolute Gasteiger partial charge is 0.143 e. The highest BCUT2D eigenvalue weighted by atomic mass is 16.3. The summed E-state index contributed by atoms with van der Waals surface area (Å²) in [5, 5.41) is 9.28. The second-order valence-corrected chi connectivity index (χ2v) is 15.2. The van der Waals surface area contributed by atoms with Crippen molar-refractivity contribution in [3.63, 3.8) is 0 Å². The first-order valence-corrected chi connectivity index (χ1v) is 20.1. The quantitative estimate of drug-likeness (QED) is 0.169. The number of hydrogen-bond acceptors (Lipinski definition) is 3. The van der Waals surface area contributed by atoms with E-state index in [1.165, 1.54) is 27.5 Å². The van der Waals surface area contributed by atoms with Crippen LogP contribution in [0.5, 0.6) is 0 Å². The maximum Gasteiger partial charge on any atom is 0.143 e. The molecule has 0 aliphatic carbocycles. The van der Waals surface area contributed by atoms with E-state index in [0.717, 1.165) is 88.4 Å². The van der Waals surface area contributed by atoms with Crippen molar-refractivity contribution < 1.29 is 8.83 Å². The van der Waals surface area contributed by atoms with Gasteiger partial charge in [-0.3, -0.25) is 0 Å². The largest absolute Gasteiger partial charge is 0.456 e. The monoisotopic (exact) mass is 753 g/mol. The fraction of sp³-hybridized carbons (Fsp3) is 0. The van der Waals surface area contributed by atoms with Crippen molar-refractivity contribution in [2.75, 3.05) is 4.90 Å².